The molecule has 1 aromatic carbocycles. The SMILES string of the molecule is CSc1nc(Oc2ccc(Cl)cc2)cc(-n2nc(C)c(C#N)c2N)n1. The summed E-state index contributed by atoms with van der Waals surface area (Å²) in [4.78, 5) is 8.71. The Balaban J connectivity index is 2.04. The molecule has 0 aliphatic rings. The number of halogens is 1. The number of thioether (sulfide) groups is 1. The van der Waals surface area contributed by atoms with Crippen LogP contribution < -0.4 is 10.5 Å². The molecule has 0 saturated heterocycles. The van der Waals surface area contributed by atoms with Gasteiger partial charge in [0.2, 0.25) is 5.88 Å². The van der Waals surface area contributed by atoms with Gasteiger partial charge in [0.05, 0.1) is 5.69 Å². The minimum atomic E-state index is 0.225. The van der Waals surface area contributed by atoms with Gasteiger partial charge in [0.1, 0.15) is 23.2 Å². The quantitative estimate of drug-likeness (QED) is 0.551. The Bertz CT molecular complexity index is 964. The first-order chi connectivity index (χ1) is 12.0. The normalized spacial score (nSPS) is 10.5. The maximum absolute atomic E-state index is 9.18. The Morgan fingerprint density at radius 1 is 1.28 bits per heavy atom. The van der Waals surface area contributed by atoms with Gasteiger partial charge in [0, 0.05) is 11.1 Å². The van der Waals surface area contributed by atoms with E-state index in [-0.39, 0.29) is 5.82 Å². The molecule has 126 valence electrons. The van der Waals surface area contributed by atoms with Crippen molar-refractivity contribution in [3.05, 3.63) is 46.6 Å². The van der Waals surface area contributed by atoms with Gasteiger partial charge in [-0.3, -0.25) is 0 Å². The average Bonchev–Trinajstić information content (AvgIpc) is 2.90. The molecule has 2 aromatic heterocycles. The van der Waals surface area contributed by atoms with E-state index in [1.54, 1.807) is 37.3 Å². The standard InChI is InChI=1S/C16H13ClN6OS/c1-9-12(8-18)15(19)23(22-9)13-7-14(21-16(20-13)25-2)24-11-5-3-10(17)4-6-11/h3-7H,19H2,1-2H3. The summed E-state index contributed by atoms with van der Waals surface area (Å²) in [5, 5.41) is 14.6. The van der Waals surface area contributed by atoms with Gasteiger partial charge in [-0.05, 0) is 37.4 Å². The molecule has 0 unspecified atom stereocenters. The van der Waals surface area contributed by atoms with Crippen LogP contribution in [0.1, 0.15) is 11.3 Å². The van der Waals surface area contributed by atoms with E-state index in [0.29, 0.717) is 38.9 Å². The Morgan fingerprint density at radius 2 is 2.00 bits per heavy atom. The van der Waals surface area contributed by atoms with Gasteiger partial charge >= 0.3 is 0 Å². The van der Waals surface area contributed by atoms with Gasteiger partial charge in [-0.1, -0.05) is 23.4 Å². The van der Waals surface area contributed by atoms with E-state index in [1.165, 1.54) is 16.4 Å². The number of rotatable bonds is 4. The maximum atomic E-state index is 9.18. The summed E-state index contributed by atoms with van der Waals surface area (Å²) < 4.78 is 7.18. The van der Waals surface area contributed by atoms with Gasteiger partial charge in [0.25, 0.3) is 0 Å². The molecule has 0 aliphatic carbocycles. The summed E-state index contributed by atoms with van der Waals surface area (Å²) in [5.41, 5.74) is 6.87. The minimum absolute atomic E-state index is 0.225. The average molecular weight is 373 g/mol. The number of hydrogen-bond acceptors (Lipinski definition) is 7. The molecule has 3 aromatic rings. The number of aromatic nitrogens is 4. The summed E-state index contributed by atoms with van der Waals surface area (Å²) >= 11 is 7.24. The molecule has 3 rings (SSSR count). The molecule has 2 heterocycles. The lowest BCUT2D eigenvalue weighted by Gasteiger charge is -2.09. The monoisotopic (exact) mass is 372 g/mol. The second-order valence-electron chi connectivity index (χ2n) is 4.98. The summed E-state index contributed by atoms with van der Waals surface area (Å²) in [6.07, 6.45) is 1.85. The number of benzene rings is 1. The molecular formula is C16H13ClN6OS. The Hall–Kier alpha value is -2.76. The van der Waals surface area contributed by atoms with Crippen LogP contribution in [0.3, 0.4) is 0 Å². The largest absolute Gasteiger partial charge is 0.439 e. The highest BCUT2D eigenvalue weighted by atomic mass is 35.5. The van der Waals surface area contributed by atoms with Crippen LogP contribution in [-0.4, -0.2) is 26.0 Å². The molecule has 0 aliphatic heterocycles. The van der Waals surface area contributed by atoms with E-state index in [4.69, 9.17) is 22.1 Å². The molecule has 0 fully saturated rings. The van der Waals surface area contributed by atoms with Gasteiger partial charge in [0.15, 0.2) is 11.0 Å². The number of hydrogen-bond donors (Lipinski definition) is 1. The van der Waals surface area contributed by atoms with Crippen molar-refractivity contribution in [2.45, 2.75) is 12.1 Å². The van der Waals surface area contributed by atoms with E-state index in [9.17, 15) is 5.26 Å². The van der Waals surface area contributed by atoms with Crippen LogP contribution in [0, 0.1) is 18.3 Å². The van der Waals surface area contributed by atoms with Crippen molar-refractivity contribution < 1.29 is 4.74 Å². The number of nitrogens with two attached hydrogens (primary N) is 1. The van der Waals surface area contributed by atoms with Crippen LogP contribution in [-0.2, 0) is 0 Å². The lowest BCUT2D eigenvalue weighted by Crippen LogP contribution is -2.06. The number of anilines is 1. The first kappa shape index (κ1) is 17.1. The lowest BCUT2D eigenvalue weighted by molar-refractivity contribution is 0.454. The number of nitrogens with zero attached hydrogens (tertiary/aromatic N) is 5. The smallest absolute Gasteiger partial charge is 0.225 e. The van der Waals surface area contributed by atoms with E-state index in [0.717, 1.165) is 0 Å². The zero-order valence-electron chi connectivity index (χ0n) is 13.4. The van der Waals surface area contributed by atoms with Crippen molar-refractivity contribution in [3.63, 3.8) is 0 Å². The first-order valence-corrected chi connectivity index (χ1v) is 8.74. The van der Waals surface area contributed by atoms with Gasteiger partial charge in [-0.25, -0.2) is 4.98 Å². The number of nitriles is 1. The third-order valence-electron chi connectivity index (χ3n) is 3.31. The maximum Gasteiger partial charge on any atom is 0.225 e. The fourth-order valence-electron chi connectivity index (χ4n) is 2.13. The topological polar surface area (TPSA) is 103 Å². The van der Waals surface area contributed by atoms with Crippen LogP contribution in [0.5, 0.6) is 11.6 Å². The Kier molecular flexibility index (Phi) is 4.79. The number of nitrogen functional groups attached to an aromatic ring is 1. The molecular weight excluding hydrogens is 360 g/mol. The first-order valence-electron chi connectivity index (χ1n) is 7.14. The highest BCUT2D eigenvalue weighted by molar-refractivity contribution is 7.98. The molecule has 0 atom stereocenters. The van der Waals surface area contributed by atoms with Crippen LogP contribution >= 0.6 is 23.4 Å². The molecule has 0 bridgehead atoms. The molecule has 2 N–H and O–H groups in total. The fourth-order valence-corrected chi connectivity index (χ4v) is 2.62. The van der Waals surface area contributed by atoms with Crippen LogP contribution in [0.15, 0.2) is 35.5 Å². The third-order valence-corrected chi connectivity index (χ3v) is 4.11. The van der Waals surface area contributed by atoms with Gasteiger partial charge < -0.3 is 10.5 Å². The molecule has 0 saturated carbocycles. The molecule has 9 heteroatoms. The van der Waals surface area contributed by atoms with Crippen molar-refractivity contribution in [1.29, 1.82) is 5.26 Å². The summed E-state index contributed by atoms with van der Waals surface area (Å²) in [6, 6.07) is 10.6. The highest BCUT2D eigenvalue weighted by Crippen LogP contribution is 2.26. The number of ether oxygens (including phenoxy) is 1. The van der Waals surface area contributed by atoms with Crippen molar-refractivity contribution in [1.82, 2.24) is 19.7 Å². The molecule has 0 radical (unpaired) electrons. The number of aryl methyl sites for hydroxylation is 1. The second-order valence-corrected chi connectivity index (χ2v) is 6.19. The minimum Gasteiger partial charge on any atom is -0.439 e. The van der Waals surface area contributed by atoms with Crippen LogP contribution in [0.2, 0.25) is 5.02 Å². The fraction of sp³-hybridized carbons (Fsp3) is 0.125. The van der Waals surface area contributed by atoms with Gasteiger partial charge in [-0.2, -0.15) is 20.0 Å². The van der Waals surface area contributed by atoms with E-state index in [1.807, 2.05) is 12.3 Å². The van der Waals surface area contributed by atoms with E-state index >= 15 is 0 Å². The zero-order valence-corrected chi connectivity index (χ0v) is 15.0. The molecule has 0 amide bonds. The van der Waals surface area contributed by atoms with E-state index < -0.39 is 0 Å². The summed E-state index contributed by atoms with van der Waals surface area (Å²) in [6.45, 7) is 1.72. The highest BCUT2D eigenvalue weighted by Gasteiger charge is 2.16. The zero-order chi connectivity index (χ0) is 18.0. The molecule has 7 nitrogen and oxygen atoms in total. The van der Waals surface area contributed by atoms with Gasteiger partial charge in [-0.15, -0.1) is 0 Å². The van der Waals surface area contributed by atoms with Crippen molar-refractivity contribution in [2.75, 3.05) is 12.0 Å². The van der Waals surface area contributed by atoms with Crippen molar-refractivity contribution in [3.8, 4) is 23.5 Å². The molecule has 25 heavy (non-hydrogen) atoms. The summed E-state index contributed by atoms with van der Waals surface area (Å²) in [5.74, 6) is 1.57. The van der Waals surface area contributed by atoms with Crippen molar-refractivity contribution >= 4 is 29.2 Å². The van der Waals surface area contributed by atoms with E-state index in [2.05, 4.69) is 15.1 Å². The lowest BCUT2D eigenvalue weighted by atomic mass is 10.3. The van der Waals surface area contributed by atoms with Crippen LogP contribution in [0.4, 0.5) is 5.82 Å². The van der Waals surface area contributed by atoms with Crippen LogP contribution in [0.25, 0.3) is 5.82 Å². The Labute approximate surface area is 153 Å². The summed E-state index contributed by atoms with van der Waals surface area (Å²) in [7, 11) is 0. The Morgan fingerprint density at radius 3 is 2.60 bits per heavy atom. The van der Waals surface area contributed by atoms with Crippen molar-refractivity contribution in [2.24, 2.45) is 0 Å². The molecule has 0 spiro atoms. The second kappa shape index (κ2) is 7.01. The predicted octanol–water partition coefficient (Wildman–Crippen LogP) is 3.59. The third kappa shape index (κ3) is 3.52. The predicted molar refractivity (Wildman–Crippen MR) is 96.3 cm³/mol.